The number of rotatable bonds is 3. The molecule has 0 saturated heterocycles. The molecule has 2 unspecified atom stereocenters. The molecule has 2 heteroatoms. The molecular weight excluding hydrogens is 232 g/mol. The highest BCUT2D eigenvalue weighted by atomic mass is 15.0. The van der Waals surface area contributed by atoms with Gasteiger partial charge in [0.05, 0.1) is 6.07 Å². The lowest BCUT2D eigenvalue weighted by Gasteiger charge is -2.33. The van der Waals surface area contributed by atoms with Crippen molar-refractivity contribution in [2.75, 3.05) is 0 Å². The third-order valence-electron chi connectivity index (χ3n) is 4.84. The standard InChI is InChI=1S/C17H30N2/c1-16(2,3)19-17(13-18)10-9-15(12-17)11-14-7-5-4-6-8-14/h14-15,19H,4-12H2,1-3H3. The molecule has 0 aromatic carbocycles. The van der Waals surface area contributed by atoms with Crippen LogP contribution in [-0.2, 0) is 0 Å². The average molecular weight is 262 g/mol. The second kappa shape index (κ2) is 5.83. The number of nitrogens with one attached hydrogen (secondary N) is 1. The van der Waals surface area contributed by atoms with Crippen molar-refractivity contribution in [1.29, 1.82) is 5.26 Å². The maximum absolute atomic E-state index is 9.59. The highest BCUT2D eigenvalue weighted by Crippen LogP contribution is 2.41. The molecule has 0 spiro atoms. The Bertz CT molecular complexity index is 330. The van der Waals surface area contributed by atoms with Crippen molar-refractivity contribution in [1.82, 2.24) is 5.32 Å². The van der Waals surface area contributed by atoms with E-state index in [1.54, 1.807) is 0 Å². The normalized spacial score (nSPS) is 33.3. The van der Waals surface area contributed by atoms with E-state index in [0.717, 1.165) is 24.7 Å². The Kier molecular flexibility index (Phi) is 4.56. The highest BCUT2D eigenvalue weighted by molar-refractivity contribution is 5.13. The Morgan fingerprint density at radius 3 is 2.37 bits per heavy atom. The predicted molar refractivity (Wildman–Crippen MR) is 79.8 cm³/mol. The van der Waals surface area contributed by atoms with Crippen LogP contribution >= 0.6 is 0 Å². The molecular formula is C17H30N2. The fourth-order valence-corrected chi connectivity index (χ4v) is 4.20. The molecule has 0 aliphatic heterocycles. The average Bonchev–Trinajstić information content (AvgIpc) is 2.72. The van der Waals surface area contributed by atoms with E-state index in [4.69, 9.17) is 0 Å². The van der Waals surface area contributed by atoms with Crippen LogP contribution in [0.3, 0.4) is 0 Å². The molecule has 0 aromatic rings. The van der Waals surface area contributed by atoms with Gasteiger partial charge in [-0.25, -0.2) is 0 Å². The summed E-state index contributed by atoms with van der Waals surface area (Å²) in [6.45, 7) is 6.50. The van der Waals surface area contributed by atoms with Crippen LogP contribution in [0.2, 0.25) is 0 Å². The topological polar surface area (TPSA) is 35.8 Å². The number of nitrogens with zero attached hydrogens (tertiary/aromatic N) is 1. The molecule has 0 heterocycles. The summed E-state index contributed by atoms with van der Waals surface area (Å²) >= 11 is 0. The molecule has 2 saturated carbocycles. The van der Waals surface area contributed by atoms with E-state index >= 15 is 0 Å². The second-order valence-corrected chi connectivity index (χ2v) is 7.92. The van der Waals surface area contributed by atoms with E-state index in [-0.39, 0.29) is 11.1 Å². The summed E-state index contributed by atoms with van der Waals surface area (Å²) < 4.78 is 0. The first-order chi connectivity index (χ1) is 8.92. The molecule has 108 valence electrons. The van der Waals surface area contributed by atoms with Crippen LogP contribution in [0.15, 0.2) is 0 Å². The molecule has 0 bridgehead atoms. The van der Waals surface area contributed by atoms with Gasteiger partial charge >= 0.3 is 0 Å². The highest BCUT2D eigenvalue weighted by Gasteiger charge is 2.41. The van der Waals surface area contributed by atoms with Gasteiger partial charge in [0.1, 0.15) is 5.54 Å². The van der Waals surface area contributed by atoms with Gasteiger partial charge in [0.25, 0.3) is 0 Å². The molecule has 2 aliphatic rings. The van der Waals surface area contributed by atoms with Crippen LogP contribution in [0.5, 0.6) is 0 Å². The molecule has 1 N–H and O–H groups in total. The van der Waals surface area contributed by atoms with Gasteiger partial charge in [0, 0.05) is 5.54 Å². The van der Waals surface area contributed by atoms with Crippen LogP contribution in [-0.4, -0.2) is 11.1 Å². The minimum atomic E-state index is -0.252. The first-order valence-electron chi connectivity index (χ1n) is 8.13. The van der Waals surface area contributed by atoms with Crippen LogP contribution in [0.4, 0.5) is 0 Å². The first kappa shape index (κ1) is 14.9. The minimum absolute atomic E-state index is 0.0372. The summed E-state index contributed by atoms with van der Waals surface area (Å²) in [5.74, 6) is 1.72. The summed E-state index contributed by atoms with van der Waals surface area (Å²) in [4.78, 5) is 0. The van der Waals surface area contributed by atoms with Gasteiger partial charge in [0.2, 0.25) is 0 Å². The lowest BCUT2D eigenvalue weighted by Crippen LogP contribution is -2.51. The maximum Gasteiger partial charge on any atom is 0.107 e. The van der Waals surface area contributed by atoms with Gasteiger partial charge < -0.3 is 0 Å². The molecule has 0 amide bonds. The first-order valence-corrected chi connectivity index (χ1v) is 8.13. The van der Waals surface area contributed by atoms with Crippen LogP contribution < -0.4 is 5.32 Å². The van der Waals surface area contributed by atoms with Crippen molar-refractivity contribution >= 4 is 0 Å². The lowest BCUT2D eigenvalue weighted by atomic mass is 9.81. The van der Waals surface area contributed by atoms with Crippen LogP contribution in [0, 0.1) is 23.2 Å². The van der Waals surface area contributed by atoms with E-state index in [2.05, 4.69) is 32.2 Å². The summed E-state index contributed by atoms with van der Waals surface area (Å²) in [7, 11) is 0. The Hall–Kier alpha value is -0.550. The van der Waals surface area contributed by atoms with Gasteiger partial charge in [-0.3, -0.25) is 5.32 Å². The van der Waals surface area contributed by atoms with E-state index in [9.17, 15) is 5.26 Å². The van der Waals surface area contributed by atoms with E-state index in [0.29, 0.717) is 0 Å². The molecule has 0 radical (unpaired) electrons. The van der Waals surface area contributed by atoms with Crippen LogP contribution in [0.25, 0.3) is 0 Å². The van der Waals surface area contributed by atoms with Gasteiger partial charge in [0.15, 0.2) is 0 Å². The monoisotopic (exact) mass is 262 g/mol. The van der Waals surface area contributed by atoms with Crippen molar-refractivity contribution in [3.05, 3.63) is 0 Å². The number of nitriles is 1. The van der Waals surface area contributed by atoms with Gasteiger partial charge in [-0.2, -0.15) is 5.26 Å². The van der Waals surface area contributed by atoms with Gasteiger partial charge in [-0.1, -0.05) is 32.1 Å². The van der Waals surface area contributed by atoms with Crippen molar-refractivity contribution in [2.24, 2.45) is 11.8 Å². The molecule has 2 atom stereocenters. The van der Waals surface area contributed by atoms with Crippen LogP contribution in [0.1, 0.15) is 78.6 Å². The second-order valence-electron chi connectivity index (χ2n) is 7.92. The molecule has 2 fully saturated rings. The van der Waals surface area contributed by atoms with E-state index in [1.807, 2.05) is 0 Å². The third kappa shape index (κ3) is 4.21. The van der Waals surface area contributed by atoms with E-state index in [1.165, 1.54) is 44.9 Å². The van der Waals surface area contributed by atoms with Crippen molar-refractivity contribution in [3.63, 3.8) is 0 Å². The third-order valence-corrected chi connectivity index (χ3v) is 4.84. The minimum Gasteiger partial charge on any atom is -0.295 e. The zero-order valence-corrected chi connectivity index (χ0v) is 13.0. The SMILES string of the molecule is CC(C)(C)NC1(C#N)CCC(CC2CCCCC2)C1. The Balaban J connectivity index is 1.88. The number of hydrogen-bond donors (Lipinski definition) is 1. The summed E-state index contributed by atoms with van der Waals surface area (Å²) in [6.07, 6.45) is 11.9. The zero-order chi connectivity index (χ0) is 13.9. The van der Waals surface area contributed by atoms with Crippen molar-refractivity contribution in [3.8, 4) is 6.07 Å². The molecule has 19 heavy (non-hydrogen) atoms. The number of hydrogen-bond acceptors (Lipinski definition) is 2. The molecule has 2 rings (SSSR count). The quantitative estimate of drug-likeness (QED) is 0.818. The summed E-state index contributed by atoms with van der Waals surface area (Å²) in [5, 5.41) is 13.2. The molecule has 0 aromatic heterocycles. The molecule has 2 aliphatic carbocycles. The Labute approximate surface area is 119 Å². The summed E-state index contributed by atoms with van der Waals surface area (Å²) in [6, 6.07) is 2.59. The predicted octanol–water partition coefficient (Wildman–Crippen LogP) is 4.41. The maximum atomic E-state index is 9.59. The Morgan fingerprint density at radius 2 is 1.79 bits per heavy atom. The summed E-state index contributed by atoms with van der Waals surface area (Å²) in [5.41, 5.74) is -0.215. The van der Waals surface area contributed by atoms with E-state index < -0.39 is 0 Å². The van der Waals surface area contributed by atoms with Crippen molar-refractivity contribution < 1.29 is 0 Å². The van der Waals surface area contributed by atoms with Gasteiger partial charge in [-0.05, 0) is 58.3 Å². The van der Waals surface area contributed by atoms with Crippen molar-refractivity contribution in [2.45, 2.75) is 89.6 Å². The van der Waals surface area contributed by atoms with Gasteiger partial charge in [-0.15, -0.1) is 0 Å². The zero-order valence-electron chi connectivity index (χ0n) is 13.0. The fraction of sp³-hybridized carbons (Fsp3) is 0.941. The molecule has 2 nitrogen and oxygen atoms in total. The smallest absolute Gasteiger partial charge is 0.107 e. The lowest BCUT2D eigenvalue weighted by molar-refractivity contribution is 0.265. The fourth-order valence-electron chi connectivity index (χ4n) is 4.20. The Morgan fingerprint density at radius 1 is 1.11 bits per heavy atom. The largest absolute Gasteiger partial charge is 0.295 e.